The predicted octanol–water partition coefficient (Wildman–Crippen LogP) is 1.43. The highest BCUT2D eigenvalue weighted by Gasteiger charge is 2.24. The maximum absolute atomic E-state index is 12.9. The van der Waals surface area contributed by atoms with Gasteiger partial charge in [0.15, 0.2) is 11.5 Å². The lowest BCUT2D eigenvalue weighted by atomic mass is 10.2. The molecule has 152 valence electrons. The van der Waals surface area contributed by atoms with Crippen LogP contribution in [0.1, 0.15) is 28.7 Å². The highest BCUT2D eigenvalue weighted by Crippen LogP contribution is 2.32. The van der Waals surface area contributed by atoms with E-state index >= 15 is 0 Å². The third-order valence-electron chi connectivity index (χ3n) is 4.97. The Morgan fingerprint density at radius 2 is 1.76 bits per heavy atom. The van der Waals surface area contributed by atoms with Crippen LogP contribution in [-0.4, -0.2) is 64.6 Å². The number of fused-ring (bicyclic) bond motifs is 1. The largest absolute Gasteiger partial charge is 0.454 e. The molecule has 4 rings (SSSR count). The van der Waals surface area contributed by atoms with Gasteiger partial charge >= 0.3 is 0 Å². The number of anilines is 1. The number of rotatable bonds is 4. The van der Waals surface area contributed by atoms with Crippen LogP contribution < -0.4 is 14.8 Å². The first-order chi connectivity index (χ1) is 14.0. The van der Waals surface area contributed by atoms with Gasteiger partial charge < -0.3 is 24.6 Å². The van der Waals surface area contributed by atoms with Crippen LogP contribution in [0.4, 0.5) is 5.95 Å². The van der Waals surface area contributed by atoms with E-state index in [9.17, 15) is 9.59 Å². The van der Waals surface area contributed by atoms with Gasteiger partial charge in [-0.15, -0.1) is 0 Å². The second kappa shape index (κ2) is 7.94. The molecule has 2 aromatic rings. The summed E-state index contributed by atoms with van der Waals surface area (Å²) in [6, 6.07) is 7.40. The molecule has 9 nitrogen and oxygen atoms in total. The number of aromatic nitrogens is 2. The standard InChI is InChI=1S/C20H23N5O4/c1-13-9-16(19(27)25-7-5-24(6-8-25)14(2)26)23-20(22-13)21-11-15-3-4-17-18(10-15)29-12-28-17/h3-4,9-10H,5-8,11-12H2,1-2H3,(H,21,22,23). The summed E-state index contributed by atoms with van der Waals surface area (Å²) in [5, 5.41) is 3.17. The van der Waals surface area contributed by atoms with Crippen LogP contribution in [0.15, 0.2) is 24.3 Å². The monoisotopic (exact) mass is 397 g/mol. The van der Waals surface area contributed by atoms with E-state index < -0.39 is 0 Å². The van der Waals surface area contributed by atoms with Crippen molar-refractivity contribution in [1.29, 1.82) is 0 Å². The number of amides is 2. The van der Waals surface area contributed by atoms with E-state index in [1.807, 2.05) is 25.1 Å². The van der Waals surface area contributed by atoms with Gasteiger partial charge in [-0.1, -0.05) is 6.07 Å². The average molecular weight is 397 g/mol. The summed E-state index contributed by atoms with van der Waals surface area (Å²) < 4.78 is 10.7. The summed E-state index contributed by atoms with van der Waals surface area (Å²) in [4.78, 5) is 36.6. The van der Waals surface area contributed by atoms with Gasteiger partial charge in [-0.3, -0.25) is 9.59 Å². The molecule has 0 aliphatic carbocycles. The number of benzene rings is 1. The molecule has 0 spiro atoms. The second-order valence-corrected chi connectivity index (χ2v) is 7.06. The fourth-order valence-corrected chi connectivity index (χ4v) is 3.38. The summed E-state index contributed by atoms with van der Waals surface area (Å²) in [5.41, 5.74) is 2.05. The molecule has 2 aliphatic rings. The van der Waals surface area contributed by atoms with Gasteiger partial charge in [0.2, 0.25) is 18.6 Å². The van der Waals surface area contributed by atoms with Crippen LogP contribution in [0, 0.1) is 6.92 Å². The Balaban J connectivity index is 1.42. The number of nitrogens with one attached hydrogen (secondary N) is 1. The summed E-state index contributed by atoms with van der Waals surface area (Å²) in [6.07, 6.45) is 0. The van der Waals surface area contributed by atoms with Gasteiger partial charge in [0, 0.05) is 45.3 Å². The zero-order chi connectivity index (χ0) is 20.4. The Labute approximate surface area is 168 Å². The highest BCUT2D eigenvalue weighted by atomic mass is 16.7. The first-order valence-corrected chi connectivity index (χ1v) is 9.52. The van der Waals surface area contributed by atoms with Crippen molar-refractivity contribution < 1.29 is 19.1 Å². The molecule has 1 aromatic heterocycles. The lowest BCUT2D eigenvalue weighted by Gasteiger charge is -2.34. The normalized spacial score (nSPS) is 15.4. The lowest BCUT2D eigenvalue weighted by molar-refractivity contribution is -0.130. The molecule has 0 saturated carbocycles. The lowest BCUT2D eigenvalue weighted by Crippen LogP contribution is -2.50. The Hall–Kier alpha value is -3.36. The van der Waals surface area contributed by atoms with Crippen molar-refractivity contribution >= 4 is 17.8 Å². The van der Waals surface area contributed by atoms with Gasteiger partial charge in [0.1, 0.15) is 5.69 Å². The smallest absolute Gasteiger partial charge is 0.272 e. The number of carbonyl (C=O) groups is 2. The Morgan fingerprint density at radius 1 is 1.03 bits per heavy atom. The molecular formula is C20H23N5O4. The minimum atomic E-state index is -0.148. The molecule has 2 amide bonds. The van der Waals surface area contributed by atoms with Gasteiger partial charge in [-0.05, 0) is 30.7 Å². The SMILES string of the molecule is CC(=O)N1CCN(C(=O)c2cc(C)nc(NCc3ccc4c(c3)OCO4)n2)CC1. The third kappa shape index (κ3) is 4.23. The fraction of sp³-hybridized carbons (Fsp3) is 0.400. The van der Waals surface area contributed by atoms with Gasteiger partial charge in [-0.2, -0.15) is 0 Å². The van der Waals surface area contributed by atoms with Gasteiger partial charge in [0.25, 0.3) is 5.91 Å². The summed E-state index contributed by atoms with van der Waals surface area (Å²) >= 11 is 0. The average Bonchev–Trinajstić information content (AvgIpc) is 3.19. The molecule has 0 atom stereocenters. The summed E-state index contributed by atoms with van der Waals surface area (Å²) in [7, 11) is 0. The molecule has 2 aliphatic heterocycles. The maximum atomic E-state index is 12.9. The fourth-order valence-electron chi connectivity index (χ4n) is 3.38. The first-order valence-electron chi connectivity index (χ1n) is 9.52. The molecule has 0 bridgehead atoms. The van der Waals surface area contributed by atoms with Crippen molar-refractivity contribution in [3.05, 3.63) is 41.2 Å². The number of carbonyl (C=O) groups excluding carboxylic acids is 2. The minimum absolute atomic E-state index is 0.0324. The van der Waals surface area contributed by atoms with Gasteiger partial charge in [0.05, 0.1) is 0 Å². The van der Waals surface area contributed by atoms with Crippen LogP contribution in [0.2, 0.25) is 0 Å². The molecule has 3 heterocycles. The van der Waals surface area contributed by atoms with Crippen LogP contribution in [0.25, 0.3) is 0 Å². The molecule has 1 N–H and O–H groups in total. The van der Waals surface area contributed by atoms with Crippen molar-refractivity contribution in [2.45, 2.75) is 20.4 Å². The van der Waals surface area contributed by atoms with E-state index in [0.29, 0.717) is 50.1 Å². The number of piperazine rings is 1. The predicted molar refractivity (Wildman–Crippen MR) is 105 cm³/mol. The number of nitrogens with zero attached hydrogens (tertiary/aromatic N) is 4. The Kier molecular flexibility index (Phi) is 5.20. The topological polar surface area (TPSA) is 96.9 Å². The van der Waals surface area contributed by atoms with E-state index in [2.05, 4.69) is 15.3 Å². The van der Waals surface area contributed by atoms with Crippen LogP contribution in [0.5, 0.6) is 11.5 Å². The van der Waals surface area contributed by atoms with Crippen LogP contribution in [0.3, 0.4) is 0 Å². The van der Waals surface area contributed by atoms with E-state index in [-0.39, 0.29) is 18.6 Å². The molecule has 0 radical (unpaired) electrons. The molecule has 1 fully saturated rings. The van der Waals surface area contributed by atoms with Crippen LogP contribution in [-0.2, 0) is 11.3 Å². The zero-order valence-corrected chi connectivity index (χ0v) is 16.5. The molecule has 0 unspecified atom stereocenters. The van der Waals surface area contributed by atoms with Crippen molar-refractivity contribution in [2.24, 2.45) is 0 Å². The van der Waals surface area contributed by atoms with Gasteiger partial charge in [-0.25, -0.2) is 9.97 Å². The molecule has 1 aromatic carbocycles. The summed E-state index contributed by atoms with van der Waals surface area (Å²) in [6.45, 7) is 6.19. The highest BCUT2D eigenvalue weighted by molar-refractivity contribution is 5.93. The zero-order valence-electron chi connectivity index (χ0n) is 16.5. The third-order valence-corrected chi connectivity index (χ3v) is 4.97. The maximum Gasteiger partial charge on any atom is 0.272 e. The number of hydrogen-bond acceptors (Lipinski definition) is 7. The van der Waals surface area contributed by atoms with E-state index in [1.165, 1.54) is 0 Å². The van der Waals surface area contributed by atoms with E-state index in [1.54, 1.807) is 22.8 Å². The van der Waals surface area contributed by atoms with Crippen molar-refractivity contribution in [3.63, 3.8) is 0 Å². The molecule has 1 saturated heterocycles. The Morgan fingerprint density at radius 3 is 2.52 bits per heavy atom. The second-order valence-electron chi connectivity index (χ2n) is 7.06. The summed E-state index contributed by atoms with van der Waals surface area (Å²) in [5.74, 6) is 1.73. The van der Waals surface area contributed by atoms with Crippen molar-refractivity contribution in [2.75, 3.05) is 38.3 Å². The van der Waals surface area contributed by atoms with E-state index in [0.717, 1.165) is 17.1 Å². The molecule has 9 heteroatoms. The Bertz CT molecular complexity index is 940. The molecule has 29 heavy (non-hydrogen) atoms. The molecular weight excluding hydrogens is 374 g/mol. The number of ether oxygens (including phenoxy) is 2. The first kappa shape index (κ1) is 19.0. The van der Waals surface area contributed by atoms with Crippen LogP contribution >= 0.6 is 0 Å². The minimum Gasteiger partial charge on any atom is -0.454 e. The van der Waals surface area contributed by atoms with Crippen molar-refractivity contribution in [1.82, 2.24) is 19.8 Å². The number of hydrogen-bond donors (Lipinski definition) is 1. The van der Waals surface area contributed by atoms with Crippen molar-refractivity contribution in [3.8, 4) is 11.5 Å². The quantitative estimate of drug-likeness (QED) is 0.834. The number of aryl methyl sites for hydroxylation is 1. The van der Waals surface area contributed by atoms with E-state index in [4.69, 9.17) is 9.47 Å².